The first kappa shape index (κ1) is 18.6. The molecule has 6 heteroatoms. The van der Waals surface area contributed by atoms with Crippen LogP contribution >= 0.6 is 11.8 Å². The van der Waals surface area contributed by atoms with Gasteiger partial charge in [0.25, 0.3) is 0 Å². The molecule has 0 saturated carbocycles. The number of nitrogens with one attached hydrogen (secondary N) is 1. The number of hydrogen-bond acceptors (Lipinski definition) is 4. The van der Waals surface area contributed by atoms with Crippen molar-refractivity contribution in [3.63, 3.8) is 0 Å². The number of carbonyl (C=O) groups is 1. The van der Waals surface area contributed by atoms with Crippen LogP contribution < -0.4 is 5.32 Å². The van der Waals surface area contributed by atoms with E-state index in [2.05, 4.69) is 23.3 Å². The van der Waals surface area contributed by atoms with Crippen LogP contribution in [0.25, 0.3) is 0 Å². The number of benzene rings is 1. The number of piperidine rings is 1. The fourth-order valence-corrected chi connectivity index (χ4v) is 3.87. The Hall–Kier alpha value is -1.71. The summed E-state index contributed by atoms with van der Waals surface area (Å²) in [5, 5.41) is 11.7. The molecule has 0 radical (unpaired) electrons. The minimum Gasteiger partial charge on any atom is -0.327 e. The van der Waals surface area contributed by atoms with Gasteiger partial charge in [-0.1, -0.05) is 12.1 Å². The van der Waals surface area contributed by atoms with Crippen LogP contribution in [0.2, 0.25) is 0 Å². The van der Waals surface area contributed by atoms with E-state index in [4.69, 9.17) is 5.26 Å². The summed E-state index contributed by atoms with van der Waals surface area (Å²) >= 11 is 1.60. The molecule has 1 heterocycles. The first-order valence-corrected chi connectivity index (χ1v) is 9.38. The molecule has 2 amide bonds. The Morgan fingerprint density at radius 2 is 2.29 bits per heavy atom. The summed E-state index contributed by atoms with van der Waals surface area (Å²) in [6.45, 7) is 2.98. The number of likely N-dealkylation sites (tertiary alicyclic amines) is 1. The van der Waals surface area contributed by atoms with E-state index in [0.29, 0.717) is 12.3 Å². The lowest BCUT2D eigenvalue weighted by atomic mass is 9.98. The van der Waals surface area contributed by atoms with Crippen molar-refractivity contribution in [1.29, 1.82) is 5.26 Å². The molecule has 5 nitrogen and oxygen atoms in total. The molecule has 0 aromatic heterocycles. The van der Waals surface area contributed by atoms with E-state index in [-0.39, 0.29) is 6.03 Å². The third kappa shape index (κ3) is 5.73. The van der Waals surface area contributed by atoms with Gasteiger partial charge in [-0.3, -0.25) is 0 Å². The molecule has 0 spiro atoms. The lowest BCUT2D eigenvalue weighted by Crippen LogP contribution is -2.41. The Kier molecular flexibility index (Phi) is 7.41. The maximum atomic E-state index is 12.5. The zero-order valence-electron chi connectivity index (χ0n) is 14.5. The van der Waals surface area contributed by atoms with Gasteiger partial charge in [0, 0.05) is 37.2 Å². The molecule has 1 fully saturated rings. The molecule has 2 rings (SSSR count). The van der Waals surface area contributed by atoms with Crippen LogP contribution in [0.5, 0.6) is 0 Å². The molecule has 0 bridgehead atoms. The average Bonchev–Trinajstić information content (AvgIpc) is 2.56. The van der Waals surface area contributed by atoms with Crippen LogP contribution in [0, 0.1) is 17.2 Å². The van der Waals surface area contributed by atoms with E-state index in [1.54, 1.807) is 16.7 Å². The van der Waals surface area contributed by atoms with Gasteiger partial charge < -0.3 is 15.1 Å². The lowest BCUT2D eigenvalue weighted by Gasteiger charge is -2.32. The zero-order valence-corrected chi connectivity index (χ0v) is 15.3. The van der Waals surface area contributed by atoms with Crippen LogP contribution in [0.4, 0.5) is 10.5 Å². The molecule has 1 aliphatic rings. The summed E-state index contributed by atoms with van der Waals surface area (Å²) in [5.74, 6) is 1.27. The lowest BCUT2D eigenvalue weighted by molar-refractivity contribution is 0.170. The van der Waals surface area contributed by atoms with Crippen molar-refractivity contribution in [2.45, 2.75) is 24.2 Å². The summed E-state index contributed by atoms with van der Waals surface area (Å²) in [4.78, 5) is 17.6. The normalized spacial score (nSPS) is 18.0. The molecule has 1 N–H and O–H groups in total. The van der Waals surface area contributed by atoms with E-state index in [1.165, 1.54) is 12.8 Å². The highest BCUT2D eigenvalue weighted by molar-refractivity contribution is 7.99. The average molecular weight is 347 g/mol. The molecule has 1 saturated heterocycles. The maximum Gasteiger partial charge on any atom is 0.321 e. The number of urea groups is 1. The number of hydrogen-bond donors (Lipinski definition) is 1. The van der Waals surface area contributed by atoms with E-state index >= 15 is 0 Å². The monoisotopic (exact) mass is 346 g/mol. The number of rotatable bonds is 6. The number of para-hydroxylation sites is 1. The molecule has 1 atom stereocenters. The van der Waals surface area contributed by atoms with Gasteiger partial charge in [-0.25, -0.2) is 4.79 Å². The van der Waals surface area contributed by atoms with Gasteiger partial charge in [0.15, 0.2) is 0 Å². The highest BCUT2D eigenvalue weighted by Crippen LogP contribution is 2.27. The number of thioether (sulfide) groups is 1. The third-order valence-electron chi connectivity index (χ3n) is 4.20. The van der Waals surface area contributed by atoms with Gasteiger partial charge in [-0.2, -0.15) is 5.26 Å². The molecule has 0 aliphatic carbocycles. The Labute approximate surface area is 149 Å². The van der Waals surface area contributed by atoms with Crippen LogP contribution in [-0.2, 0) is 0 Å². The summed E-state index contributed by atoms with van der Waals surface area (Å²) in [6.07, 6.45) is 2.89. The van der Waals surface area contributed by atoms with Crippen LogP contribution in [0.15, 0.2) is 29.2 Å². The number of amides is 2. The number of carbonyl (C=O) groups excluding carboxylic acids is 1. The highest BCUT2D eigenvalue weighted by atomic mass is 32.2. The van der Waals surface area contributed by atoms with Crippen molar-refractivity contribution in [3.8, 4) is 6.07 Å². The van der Waals surface area contributed by atoms with Gasteiger partial charge in [-0.05, 0) is 44.5 Å². The van der Waals surface area contributed by atoms with Crippen molar-refractivity contribution in [2.75, 3.05) is 44.8 Å². The highest BCUT2D eigenvalue weighted by Gasteiger charge is 2.21. The molecular formula is C18H26N4OS. The van der Waals surface area contributed by atoms with Crippen molar-refractivity contribution in [2.24, 2.45) is 5.92 Å². The standard InChI is InChI=1S/C18H26N4OS/c1-21-11-5-7-15(13-21)14-22(2)18(23)20-16-8-3-4-9-17(16)24-12-6-10-19/h3-4,8-9,15H,5-7,11-14H2,1-2H3,(H,20,23). The smallest absolute Gasteiger partial charge is 0.321 e. The van der Waals surface area contributed by atoms with Crippen LogP contribution in [-0.4, -0.2) is 55.3 Å². The van der Waals surface area contributed by atoms with E-state index in [0.717, 1.165) is 36.0 Å². The second kappa shape index (κ2) is 9.55. The van der Waals surface area contributed by atoms with Crippen molar-refractivity contribution < 1.29 is 4.79 Å². The molecule has 1 aromatic rings. The second-order valence-corrected chi connectivity index (χ2v) is 7.47. The first-order valence-electron chi connectivity index (χ1n) is 8.39. The van der Waals surface area contributed by atoms with Gasteiger partial charge >= 0.3 is 6.03 Å². The Balaban J connectivity index is 1.90. The quantitative estimate of drug-likeness (QED) is 0.633. The summed E-state index contributed by atoms with van der Waals surface area (Å²) in [5.41, 5.74) is 0.818. The van der Waals surface area contributed by atoms with Crippen molar-refractivity contribution >= 4 is 23.5 Å². The molecule has 1 aliphatic heterocycles. The summed E-state index contributed by atoms with van der Waals surface area (Å²) in [7, 11) is 4.00. The van der Waals surface area contributed by atoms with E-state index < -0.39 is 0 Å². The van der Waals surface area contributed by atoms with E-state index in [9.17, 15) is 4.79 Å². The summed E-state index contributed by atoms with van der Waals surface area (Å²) in [6, 6.07) is 9.83. The van der Waals surface area contributed by atoms with E-state index in [1.807, 2.05) is 31.3 Å². The predicted molar refractivity (Wildman–Crippen MR) is 99.3 cm³/mol. The zero-order chi connectivity index (χ0) is 17.4. The molecule has 1 aromatic carbocycles. The molecule has 24 heavy (non-hydrogen) atoms. The first-order chi connectivity index (χ1) is 11.6. The SMILES string of the molecule is CN1CCCC(CN(C)C(=O)Nc2ccccc2SCCC#N)C1. The third-order valence-corrected chi connectivity index (χ3v) is 5.28. The van der Waals surface area contributed by atoms with Gasteiger partial charge in [0.1, 0.15) is 0 Å². The fourth-order valence-electron chi connectivity index (χ4n) is 3.01. The number of nitrogens with zero attached hydrogens (tertiary/aromatic N) is 3. The van der Waals surface area contributed by atoms with Crippen molar-refractivity contribution in [3.05, 3.63) is 24.3 Å². The minimum absolute atomic E-state index is 0.0726. The fraction of sp³-hybridized carbons (Fsp3) is 0.556. The molecule has 130 valence electrons. The Morgan fingerprint density at radius 3 is 3.04 bits per heavy atom. The molecule has 1 unspecified atom stereocenters. The molecular weight excluding hydrogens is 320 g/mol. The van der Waals surface area contributed by atoms with Gasteiger partial charge in [-0.15, -0.1) is 11.8 Å². The van der Waals surface area contributed by atoms with Crippen LogP contribution in [0.1, 0.15) is 19.3 Å². The Bertz CT molecular complexity index is 587. The maximum absolute atomic E-state index is 12.5. The minimum atomic E-state index is -0.0726. The Morgan fingerprint density at radius 1 is 1.50 bits per heavy atom. The van der Waals surface area contributed by atoms with Gasteiger partial charge in [0.2, 0.25) is 0 Å². The predicted octanol–water partition coefficient (Wildman–Crippen LogP) is 3.50. The topological polar surface area (TPSA) is 59.4 Å². The second-order valence-electron chi connectivity index (χ2n) is 6.33. The number of anilines is 1. The number of nitriles is 1. The summed E-state index contributed by atoms with van der Waals surface area (Å²) < 4.78 is 0. The van der Waals surface area contributed by atoms with Crippen molar-refractivity contribution in [1.82, 2.24) is 9.80 Å². The van der Waals surface area contributed by atoms with Gasteiger partial charge in [0.05, 0.1) is 11.8 Å². The van der Waals surface area contributed by atoms with Crippen LogP contribution in [0.3, 0.4) is 0 Å². The largest absolute Gasteiger partial charge is 0.327 e.